The van der Waals surface area contributed by atoms with Crippen molar-refractivity contribution < 1.29 is 4.79 Å². The first-order chi connectivity index (χ1) is 13.2. The molecule has 0 atom stereocenters. The molecule has 2 aliphatic rings. The largest absolute Gasteiger partial charge is 0.357 e. The van der Waals surface area contributed by atoms with Crippen LogP contribution in [0.2, 0.25) is 0 Å². The highest BCUT2D eigenvalue weighted by atomic mass is 127. The van der Waals surface area contributed by atoms with Crippen molar-refractivity contribution >= 4 is 35.8 Å². The molecule has 0 unspecified atom stereocenters. The second kappa shape index (κ2) is 11.0. The van der Waals surface area contributed by atoms with Gasteiger partial charge in [-0.15, -0.1) is 24.0 Å². The van der Waals surface area contributed by atoms with E-state index in [2.05, 4.69) is 29.4 Å². The summed E-state index contributed by atoms with van der Waals surface area (Å²) >= 11 is 0. The predicted molar refractivity (Wildman–Crippen MR) is 126 cm³/mol. The van der Waals surface area contributed by atoms with E-state index in [9.17, 15) is 4.79 Å². The van der Waals surface area contributed by atoms with Crippen LogP contribution >= 0.6 is 24.0 Å². The second-order valence-corrected chi connectivity index (χ2v) is 8.01. The van der Waals surface area contributed by atoms with Crippen LogP contribution < -0.4 is 10.6 Å². The lowest BCUT2D eigenvalue weighted by Gasteiger charge is -2.26. The second-order valence-electron chi connectivity index (χ2n) is 8.01. The van der Waals surface area contributed by atoms with Gasteiger partial charge in [-0.3, -0.25) is 4.79 Å². The maximum Gasteiger partial charge on any atom is 0.251 e. The third-order valence-electron chi connectivity index (χ3n) is 5.87. The van der Waals surface area contributed by atoms with Gasteiger partial charge in [-0.25, -0.2) is 4.99 Å². The number of hydrogen-bond donors (Lipinski definition) is 2. The molecule has 6 heteroatoms. The van der Waals surface area contributed by atoms with Crippen LogP contribution in [0.5, 0.6) is 0 Å². The molecular formula is C22H35IN4O. The SMILES string of the molecule is CCCNC(=O)c1cccc(CN=C(NCC)N2CCC3(CCCC3)C2)c1.I. The van der Waals surface area contributed by atoms with E-state index in [0.29, 0.717) is 24.1 Å². The van der Waals surface area contributed by atoms with Crippen LogP contribution in [-0.4, -0.2) is 42.9 Å². The summed E-state index contributed by atoms with van der Waals surface area (Å²) in [6.07, 6.45) is 7.75. The van der Waals surface area contributed by atoms with Gasteiger partial charge in [-0.1, -0.05) is 31.9 Å². The first kappa shape index (κ1) is 23.0. The van der Waals surface area contributed by atoms with Crippen molar-refractivity contribution in [2.24, 2.45) is 10.4 Å². The highest BCUT2D eigenvalue weighted by Crippen LogP contribution is 2.45. The molecule has 1 aromatic rings. The maximum atomic E-state index is 12.2. The summed E-state index contributed by atoms with van der Waals surface area (Å²) in [4.78, 5) is 19.5. The minimum Gasteiger partial charge on any atom is -0.357 e. The van der Waals surface area contributed by atoms with Crippen molar-refractivity contribution in [1.29, 1.82) is 0 Å². The fourth-order valence-electron chi connectivity index (χ4n) is 4.39. The van der Waals surface area contributed by atoms with Crippen LogP contribution in [0.25, 0.3) is 0 Å². The quantitative estimate of drug-likeness (QED) is 0.352. The van der Waals surface area contributed by atoms with E-state index >= 15 is 0 Å². The van der Waals surface area contributed by atoms with E-state index in [-0.39, 0.29) is 29.9 Å². The molecule has 1 amide bonds. The molecule has 5 nitrogen and oxygen atoms in total. The van der Waals surface area contributed by atoms with Gasteiger partial charge >= 0.3 is 0 Å². The van der Waals surface area contributed by atoms with Gasteiger partial charge in [-0.2, -0.15) is 0 Å². The van der Waals surface area contributed by atoms with Crippen molar-refractivity contribution in [2.75, 3.05) is 26.2 Å². The number of benzene rings is 1. The molecule has 1 saturated carbocycles. The number of hydrogen-bond acceptors (Lipinski definition) is 2. The number of carbonyl (C=O) groups is 1. The molecule has 156 valence electrons. The first-order valence-corrected chi connectivity index (χ1v) is 10.6. The van der Waals surface area contributed by atoms with Crippen molar-refractivity contribution in [3.63, 3.8) is 0 Å². The summed E-state index contributed by atoms with van der Waals surface area (Å²) in [5.74, 6) is 1.01. The molecule has 1 saturated heterocycles. The molecule has 1 aromatic carbocycles. The van der Waals surface area contributed by atoms with Crippen molar-refractivity contribution in [2.45, 2.75) is 58.9 Å². The number of rotatable bonds is 6. The molecule has 2 fully saturated rings. The molecule has 1 spiro atoms. The minimum absolute atomic E-state index is 0. The van der Waals surface area contributed by atoms with Gasteiger partial charge in [0.15, 0.2) is 5.96 Å². The molecular weight excluding hydrogens is 463 g/mol. The Morgan fingerprint density at radius 1 is 1.18 bits per heavy atom. The number of nitrogens with one attached hydrogen (secondary N) is 2. The Hall–Kier alpha value is -1.31. The summed E-state index contributed by atoms with van der Waals surface area (Å²) in [7, 11) is 0. The highest BCUT2D eigenvalue weighted by molar-refractivity contribution is 14.0. The summed E-state index contributed by atoms with van der Waals surface area (Å²) < 4.78 is 0. The average Bonchev–Trinajstić information content (AvgIpc) is 3.33. The zero-order chi connectivity index (χ0) is 19.1. The number of nitrogens with zero attached hydrogens (tertiary/aromatic N) is 2. The minimum atomic E-state index is -0.00250. The monoisotopic (exact) mass is 498 g/mol. The Kier molecular flexibility index (Phi) is 9.05. The summed E-state index contributed by atoms with van der Waals surface area (Å²) in [6.45, 7) is 8.60. The van der Waals surface area contributed by atoms with Gasteiger partial charge < -0.3 is 15.5 Å². The fourth-order valence-corrected chi connectivity index (χ4v) is 4.39. The smallest absolute Gasteiger partial charge is 0.251 e. The van der Waals surface area contributed by atoms with Crippen LogP contribution in [0, 0.1) is 5.41 Å². The molecule has 0 bridgehead atoms. The molecule has 3 rings (SSSR count). The van der Waals surface area contributed by atoms with Crippen LogP contribution in [0.15, 0.2) is 29.3 Å². The molecule has 1 heterocycles. The number of aliphatic imine (C=N–C) groups is 1. The van der Waals surface area contributed by atoms with Crippen molar-refractivity contribution in [3.8, 4) is 0 Å². The van der Waals surface area contributed by atoms with E-state index in [1.54, 1.807) is 0 Å². The van der Waals surface area contributed by atoms with Gasteiger partial charge in [0.05, 0.1) is 6.54 Å². The number of halogens is 1. The zero-order valence-corrected chi connectivity index (χ0v) is 19.6. The van der Waals surface area contributed by atoms with Crippen LogP contribution in [-0.2, 0) is 6.54 Å². The maximum absolute atomic E-state index is 12.2. The number of carbonyl (C=O) groups excluding carboxylic acids is 1. The van der Waals surface area contributed by atoms with E-state index in [4.69, 9.17) is 4.99 Å². The Morgan fingerprint density at radius 3 is 2.68 bits per heavy atom. The molecule has 1 aliphatic heterocycles. The van der Waals surface area contributed by atoms with Gasteiger partial charge in [0.1, 0.15) is 0 Å². The Morgan fingerprint density at radius 2 is 1.96 bits per heavy atom. The number of amides is 1. The van der Waals surface area contributed by atoms with E-state index in [1.165, 1.54) is 32.1 Å². The van der Waals surface area contributed by atoms with Crippen LogP contribution in [0.3, 0.4) is 0 Å². The zero-order valence-electron chi connectivity index (χ0n) is 17.3. The van der Waals surface area contributed by atoms with Crippen molar-refractivity contribution in [1.82, 2.24) is 15.5 Å². The molecule has 1 aliphatic carbocycles. The van der Waals surface area contributed by atoms with Gasteiger partial charge in [-0.05, 0) is 55.7 Å². The van der Waals surface area contributed by atoms with Gasteiger partial charge in [0.2, 0.25) is 0 Å². The average molecular weight is 498 g/mol. The van der Waals surface area contributed by atoms with Crippen LogP contribution in [0.1, 0.15) is 68.3 Å². The molecule has 0 aromatic heterocycles. The Labute approximate surface area is 186 Å². The third kappa shape index (κ3) is 5.84. The fraction of sp³-hybridized carbons (Fsp3) is 0.636. The third-order valence-corrected chi connectivity index (χ3v) is 5.87. The van der Waals surface area contributed by atoms with Gasteiger partial charge in [0.25, 0.3) is 5.91 Å². The first-order valence-electron chi connectivity index (χ1n) is 10.6. The number of likely N-dealkylation sites (tertiary alicyclic amines) is 1. The topological polar surface area (TPSA) is 56.7 Å². The van der Waals surface area contributed by atoms with E-state index < -0.39 is 0 Å². The Balaban J connectivity index is 0.00000280. The summed E-state index contributed by atoms with van der Waals surface area (Å²) in [5.41, 5.74) is 2.32. The van der Waals surface area contributed by atoms with Crippen LogP contribution in [0.4, 0.5) is 0 Å². The summed E-state index contributed by atoms with van der Waals surface area (Å²) in [5, 5.41) is 6.40. The van der Waals surface area contributed by atoms with Gasteiger partial charge in [0, 0.05) is 31.7 Å². The highest BCUT2D eigenvalue weighted by Gasteiger charge is 2.41. The molecule has 2 N–H and O–H groups in total. The Bertz CT molecular complexity index is 670. The van der Waals surface area contributed by atoms with E-state index in [0.717, 1.165) is 37.6 Å². The lowest BCUT2D eigenvalue weighted by Crippen LogP contribution is -2.41. The predicted octanol–water partition coefficient (Wildman–Crippen LogP) is 4.18. The lowest BCUT2D eigenvalue weighted by molar-refractivity contribution is 0.0953. The van der Waals surface area contributed by atoms with Crippen molar-refractivity contribution in [3.05, 3.63) is 35.4 Å². The molecule has 28 heavy (non-hydrogen) atoms. The lowest BCUT2D eigenvalue weighted by atomic mass is 9.86. The standard InChI is InChI=1S/C22H34N4O.HI/c1-3-13-24-20(27)19-9-7-8-18(15-19)16-25-21(23-4-2)26-14-12-22(17-26)10-5-6-11-22;/h7-9,15H,3-6,10-14,16-17H2,1-2H3,(H,23,25)(H,24,27);1H. The summed E-state index contributed by atoms with van der Waals surface area (Å²) in [6, 6.07) is 7.82. The van der Waals surface area contributed by atoms with E-state index in [1.807, 2.05) is 24.3 Å². The normalized spacial score (nSPS) is 18.2. The molecule has 0 radical (unpaired) electrons. The number of guanidine groups is 1.